The van der Waals surface area contributed by atoms with E-state index in [2.05, 4.69) is 15.5 Å². The predicted octanol–water partition coefficient (Wildman–Crippen LogP) is 3.95. The molecule has 0 aliphatic rings. The molecule has 0 bridgehead atoms. The number of aromatic nitrogens is 3. The van der Waals surface area contributed by atoms with E-state index in [-0.39, 0.29) is 29.6 Å². The fourth-order valence-electron chi connectivity index (χ4n) is 2.87. The Hall–Kier alpha value is -2.50. The third kappa shape index (κ3) is 5.41. The largest absolute Gasteiger partial charge is 0.462 e. The Bertz CT molecular complexity index is 1100. The van der Waals surface area contributed by atoms with E-state index in [1.807, 2.05) is 29.1 Å². The zero-order valence-corrected chi connectivity index (χ0v) is 20.0. The van der Waals surface area contributed by atoms with E-state index in [1.165, 1.54) is 23.6 Å². The van der Waals surface area contributed by atoms with Crippen LogP contribution in [-0.4, -0.2) is 44.8 Å². The summed E-state index contributed by atoms with van der Waals surface area (Å²) >= 11 is 3.99. The number of carbonyl (C=O) groups excluding carboxylic acids is 3. The van der Waals surface area contributed by atoms with Gasteiger partial charge >= 0.3 is 5.97 Å². The van der Waals surface area contributed by atoms with Crippen LogP contribution in [0.1, 0.15) is 50.1 Å². The molecule has 0 fully saturated rings. The molecule has 3 aromatic heterocycles. The first-order valence-corrected chi connectivity index (χ1v) is 12.1. The summed E-state index contributed by atoms with van der Waals surface area (Å²) in [5.74, 6) is -0.136. The minimum absolute atomic E-state index is 0.0829. The van der Waals surface area contributed by atoms with Crippen LogP contribution in [0.3, 0.4) is 0 Å². The average molecular weight is 479 g/mol. The van der Waals surface area contributed by atoms with Crippen LogP contribution in [0.15, 0.2) is 22.7 Å². The third-order valence-corrected chi connectivity index (χ3v) is 7.57. The Labute approximate surface area is 192 Å². The zero-order chi connectivity index (χ0) is 22.5. The van der Waals surface area contributed by atoms with Crippen molar-refractivity contribution in [2.24, 2.45) is 7.05 Å². The van der Waals surface area contributed by atoms with Gasteiger partial charge in [0.15, 0.2) is 10.9 Å². The number of ketones is 1. The van der Waals surface area contributed by atoms with E-state index in [0.717, 1.165) is 17.2 Å². The molecule has 3 aromatic rings. The highest BCUT2D eigenvalue weighted by Gasteiger charge is 2.25. The summed E-state index contributed by atoms with van der Waals surface area (Å²) in [6, 6.07) is 4.03. The maximum atomic E-state index is 12.6. The van der Waals surface area contributed by atoms with E-state index < -0.39 is 5.97 Å². The van der Waals surface area contributed by atoms with Gasteiger partial charge in [-0.1, -0.05) is 17.8 Å². The van der Waals surface area contributed by atoms with Gasteiger partial charge in [0.1, 0.15) is 10.8 Å². The lowest BCUT2D eigenvalue weighted by atomic mass is 10.1. The second kappa shape index (κ2) is 10.2. The van der Waals surface area contributed by atoms with Crippen molar-refractivity contribution in [1.29, 1.82) is 0 Å². The van der Waals surface area contributed by atoms with Crippen molar-refractivity contribution in [2.75, 3.05) is 17.7 Å². The highest BCUT2D eigenvalue weighted by atomic mass is 32.2. The number of esters is 1. The first kappa shape index (κ1) is 23.2. The lowest BCUT2D eigenvalue weighted by molar-refractivity contribution is -0.113. The van der Waals surface area contributed by atoms with Gasteiger partial charge in [0.05, 0.1) is 22.8 Å². The molecule has 0 spiro atoms. The zero-order valence-electron chi connectivity index (χ0n) is 17.6. The number of hydrogen-bond donors (Lipinski definition) is 1. The fourth-order valence-corrected chi connectivity index (χ4v) is 5.41. The topological polar surface area (TPSA) is 103 Å². The molecule has 0 aromatic carbocycles. The molecule has 164 valence electrons. The first-order valence-electron chi connectivity index (χ1n) is 9.46. The van der Waals surface area contributed by atoms with Crippen molar-refractivity contribution in [3.8, 4) is 0 Å². The maximum absolute atomic E-state index is 12.6. The molecule has 1 amide bonds. The minimum Gasteiger partial charge on any atom is -0.462 e. The van der Waals surface area contributed by atoms with Gasteiger partial charge in [0.25, 0.3) is 0 Å². The second-order valence-corrected chi connectivity index (χ2v) is 9.58. The van der Waals surface area contributed by atoms with Crippen LogP contribution in [0, 0.1) is 6.92 Å². The number of nitrogens with one attached hydrogen (secondary N) is 1. The molecule has 31 heavy (non-hydrogen) atoms. The molecule has 3 heterocycles. The third-order valence-electron chi connectivity index (χ3n) is 4.37. The van der Waals surface area contributed by atoms with Gasteiger partial charge < -0.3 is 14.6 Å². The SMILES string of the molecule is CCOC(=O)c1c(NC(=O)CSc2nnc(Cc3cccs3)n2C)sc(C(C)=O)c1C. The van der Waals surface area contributed by atoms with Crippen LogP contribution in [0.4, 0.5) is 5.00 Å². The van der Waals surface area contributed by atoms with Gasteiger partial charge in [0.2, 0.25) is 5.91 Å². The quantitative estimate of drug-likeness (QED) is 0.282. The first-order chi connectivity index (χ1) is 14.8. The van der Waals surface area contributed by atoms with Crippen LogP contribution < -0.4 is 5.32 Å². The van der Waals surface area contributed by atoms with Gasteiger partial charge in [-0.05, 0) is 37.8 Å². The number of hydrogen-bond acceptors (Lipinski definition) is 9. The van der Waals surface area contributed by atoms with E-state index in [9.17, 15) is 14.4 Å². The standard InChI is InChI=1S/C20H22N4O4S3/c1-5-28-19(27)16-11(2)17(12(3)25)31-18(16)21-15(26)10-30-20-23-22-14(24(20)4)9-13-7-6-8-29-13/h6-8H,5,9-10H2,1-4H3,(H,21,26). The summed E-state index contributed by atoms with van der Waals surface area (Å²) in [6.45, 7) is 5.01. The molecule has 3 rings (SSSR count). The molecule has 0 aliphatic heterocycles. The summed E-state index contributed by atoms with van der Waals surface area (Å²) in [5.41, 5.74) is 0.748. The lowest BCUT2D eigenvalue weighted by Crippen LogP contribution is -2.16. The lowest BCUT2D eigenvalue weighted by Gasteiger charge is -2.07. The Morgan fingerprint density at radius 2 is 2.06 bits per heavy atom. The summed E-state index contributed by atoms with van der Waals surface area (Å²) in [4.78, 5) is 38.4. The Morgan fingerprint density at radius 3 is 2.71 bits per heavy atom. The van der Waals surface area contributed by atoms with Crippen molar-refractivity contribution in [1.82, 2.24) is 14.8 Å². The van der Waals surface area contributed by atoms with Crippen LogP contribution in [0.2, 0.25) is 0 Å². The molecule has 0 saturated heterocycles. The number of rotatable bonds is 9. The normalized spacial score (nSPS) is 10.8. The maximum Gasteiger partial charge on any atom is 0.341 e. The van der Waals surface area contributed by atoms with Crippen molar-refractivity contribution in [2.45, 2.75) is 32.3 Å². The Kier molecular flexibility index (Phi) is 7.63. The van der Waals surface area contributed by atoms with Gasteiger partial charge in [0, 0.05) is 18.3 Å². The monoisotopic (exact) mass is 478 g/mol. The van der Waals surface area contributed by atoms with Gasteiger partial charge in [-0.3, -0.25) is 9.59 Å². The Balaban J connectivity index is 1.69. The average Bonchev–Trinajstić information content (AvgIpc) is 3.42. The number of nitrogens with zero attached hydrogens (tertiary/aromatic N) is 3. The molecule has 0 aliphatic carbocycles. The highest BCUT2D eigenvalue weighted by molar-refractivity contribution is 7.99. The van der Waals surface area contributed by atoms with Crippen molar-refractivity contribution in [3.63, 3.8) is 0 Å². The van der Waals surface area contributed by atoms with Gasteiger partial charge in [-0.2, -0.15) is 0 Å². The highest BCUT2D eigenvalue weighted by Crippen LogP contribution is 2.34. The summed E-state index contributed by atoms with van der Waals surface area (Å²) in [7, 11) is 1.86. The number of anilines is 1. The number of carbonyl (C=O) groups is 3. The molecule has 0 atom stereocenters. The van der Waals surface area contributed by atoms with Gasteiger partial charge in [-0.15, -0.1) is 32.9 Å². The van der Waals surface area contributed by atoms with Crippen LogP contribution in [0.5, 0.6) is 0 Å². The summed E-state index contributed by atoms with van der Waals surface area (Å²) in [5, 5.41) is 14.1. The number of amides is 1. The van der Waals surface area contributed by atoms with Crippen LogP contribution >= 0.6 is 34.4 Å². The van der Waals surface area contributed by atoms with Crippen LogP contribution in [-0.2, 0) is 23.0 Å². The molecule has 0 unspecified atom stereocenters. The van der Waals surface area contributed by atoms with E-state index in [1.54, 1.807) is 25.2 Å². The predicted molar refractivity (Wildman–Crippen MR) is 122 cm³/mol. The van der Waals surface area contributed by atoms with Gasteiger partial charge in [-0.25, -0.2) is 4.79 Å². The summed E-state index contributed by atoms with van der Waals surface area (Å²) < 4.78 is 6.96. The fraction of sp³-hybridized carbons (Fsp3) is 0.350. The second-order valence-electron chi connectivity index (χ2n) is 6.59. The minimum atomic E-state index is -0.557. The summed E-state index contributed by atoms with van der Waals surface area (Å²) in [6.07, 6.45) is 0.680. The van der Waals surface area contributed by atoms with E-state index in [4.69, 9.17) is 4.74 Å². The van der Waals surface area contributed by atoms with Crippen molar-refractivity contribution < 1.29 is 19.1 Å². The molecular weight excluding hydrogens is 456 g/mol. The number of ether oxygens (including phenoxy) is 1. The molecule has 0 saturated carbocycles. The van der Waals surface area contributed by atoms with Crippen LogP contribution in [0.25, 0.3) is 0 Å². The molecular formula is C20H22N4O4S3. The molecule has 8 nitrogen and oxygen atoms in total. The number of Topliss-reactive ketones (excluding diaryl/α,β-unsaturated/α-hetero) is 1. The van der Waals surface area contributed by atoms with E-state index >= 15 is 0 Å². The molecule has 0 radical (unpaired) electrons. The van der Waals surface area contributed by atoms with Crippen molar-refractivity contribution >= 4 is 57.1 Å². The molecule has 11 heteroatoms. The van der Waals surface area contributed by atoms with E-state index in [0.29, 0.717) is 27.0 Å². The molecule has 1 N–H and O–H groups in total. The Morgan fingerprint density at radius 1 is 1.29 bits per heavy atom. The number of thiophene rings is 2. The van der Waals surface area contributed by atoms with Crippen molar-refractivity contribution in [3.05, 3.63) is 44.2 Å². The number of thioether (sulfide) groups is 1. The smallest absolute Gasteiger partial charge is 0.341 e.